The number of rotatable bonds is 9. The van der Waals surface area contributed by atoms with E-state index < -0.39 is 5.24 Å². The van der Waals surface area contributed by atoms with Gasteiger partial charge in [-0.1, -0.05) is 230 Å². The molecule has 0 atom stereocenters. The predicted octanol–water partition coefficient (Wildman–Crippen LogP) is 28.3. The first-order chi connectivity index (χ1) is 61.2. The van der Waals surface area contributed by atoms with Crippen LogP contribution < -0.4 is 35.7 Å². The van der Waals surface area contributed by atoms with E-state index in [-0.39, 0.29) is 58.9 Å². The van der Waals surface area contributed by atoms with Crippen molar-refractivity contribution in [2.75, 3.05) is 0 Å². The first kappa shape index (κ1) is 97.0. The molecule has 0 saturated carbocycles. The molecule has 7 heterocycles. The summed E-state index contributed by atoms with van der Waals surface area (Å²) in [5, 5.41) is 55.7. The standard InChI is InChI=1S/C30H23Br2N3O.2C19H11Br2N5.C19H10Br2N2.C11H13ClO.ClH.N3.H3N.Na/c1-30(2,3)20-9-7-18(8-10-20)28-33-34-29(36-28)19-5-4-6-23(15-19)35-26-13-11-21(31)16-24(26)25-17-22(32)12-14-27(25)35;2*20-12-4-6-17-15(9-12)16-10-13(21)5-7-18(16)26(17)14-3-1-2-11(8-14)19-22-24-25-23-19;20-13-4-6-18-16(9-13)17-10-14(21)5-7-19(17)23(18)15-3-1-2-12(8-15)11-22;1-11(2,3)9-6-4-8(5-7-9)10(12)13;;1-3-2;;/h4-17H,1-3H3;2*1-10H,(H,22,23,24,25);1-10H;4-7H,1-3H3;1H;;1H3;/q;;;;;;-1;;+1. The molecule has 0 bridgehead atoms. The zero-order valence-corrected chi connectivity index (χ0v) is 86.5. The second-order valence-electron chi connectivity index (χ2n) is 31.3. The van der Waals surface area contributed by atoms with Gasteiger partial charge in [-0.05, 0) is 275 Å². The van der Waals surface area contributed by atoms with Crippen molar-refractivity contribution >= 4 is 244 Å². The van der Waals surface area contributed by atoms with Gasteiger partial charge in [-0.15, -0.1) is 43.0 Å². The van der Waals surface area contributed by atoms with E-state index in [0.29, 0.717) is 34.6 Å². The zero-order valence-electron chi connectivity index (χ0n) is 70.2. The van der Waals surface area contributed by atoms with Crippen LogP contribution in [0.25, 0.3) is 172 Å². The number of benzene rings is 14. The van der Waals surface area contributed by atoms with Crippen LogP contribution in [0, 0.1) is 11.3 Å². The normalized spacial score (nSPS) is 11.1. The molecule has 21 rings (SSSR count). The molecule has 0 radical (unpaired) electrons. The number of hydrogen-bond donors (Lipinski definition) is 3. The van der Waals surface area contributed by atoms with Crippen molar-refractivity contribution in [2.45, 2.75) is 52.4 Å². The average Bonchev–Trinajstić information content (AvgIpc) is 1.61. The smallest absolute Gasteiger partial charge is 0.416 e. The number of aromatic nitrogens is 14. The molecule has 0 fully saturated rings. The number of aromatic amines is 2. The summed E-state index contributed by atoms with van der Waals surface area (Å²) in [5.74, 6) is 2.18. The molecule has 21 aromatic rings. The number of carbonyl (C=O) groups is 1. The third kappa shape index (κ3) is 21.1. The van der Waals surface area contributed by atoms with Crippen LogP contribution in [0.1, 0.15) is 68.6 Å². The first-order valence-corrected chi connectivity index (χ1v) is 46.0. The van der Waals surface area contributed by atoms with Crippen LogP contribution in [-0.4, -0.2) is 75.0 Å². The molecule has 0 saturated heterocycles. The summed E-state index contributed by atoms with van der Waals surface area (Å²) in [4.78, 5) is 12.3. The van der Waals surface area contributed by atoms with Crippen LogP contribution in [0.3, 0.4) is 0 Å². The van der Waals surface area contributed by atoms with E-state index in [2.05, 4.69) is 427 Å². The number of carbonyl (C=O) groups excluding carboxylic acids is 1. The van der Waals surface area contributed by atoms with Crippen molar-refractivity contribution in [3.8, 4) is 74.5 Å². The van der Waals surface area contributed by atoms with Gasteiger partial charge in [-0.25, -0.2) is 0 Å². The molecule has 0 aliphatic heterocycles. The zero-order chi connectivity index (χ0) is 89.1. The minimum absolute atomic E-state index is 0. The van der Waals surface area contributed by atoms with Gasteiger partial charge in [-0.2, -0.15) is 15.7 Å². The van der Waals surface area contributed by atoms with Crippen molar-refractivity contribution < 1.29 is 38.8 Å². The first-order valence-electron chi connectivity index (χ1n) is 39.3. The van der Waals surface area contributed by atoms with Crippen molar-refractivity contribution in [3.05, 3.63) is 365 Å². The Hall–Kier alpha value is -10.6. The number of hydrogen-bond acceptors (Lipinski definition) is 12. The Labute approximate surface area is 846 Å². The quantitative estimate of drug-likeness (QED) is 0.0399. The fourth-order valence-corrected chi connectivity index (χ4v) is 18.3. The molecule has 14 aromatic carbocycles. The number of H-pyrrole nitrogens is 2. The van der Waals surface area contributed by atoms with Crippen molar-refractivity contribution in [1.82, 2.24) is 75.9 Å². The Kier molecular flexibility index (Phi) is 31.2. The Morgan fingerprint density at radius 2 is 0.631 bits per heavy atom. The molecule has 0 unspecified atom stereocenters. The number of nitrogens with one attached hydrogen (secondary N) is 2. The van der Waals surface area contributed by atoms with Gasteiger partial charge in [0.2, 0.25) is 23.4 Å². The summed E-state index contributed by atoms with van der Waals surface area (Å²) in [5.41, 5.74) is 34.2. The molecule has 0 aliphatic rings. The Bertz CT molecular complexity index is 7390. The number of halogens is 10. The van der Waals surface area contributed by atoms with E-state index in [1.165, 1.54) is 59.1 Å². The molecule has 130 heavy (non-hydrogen) atoms. The second-order valence-corrected chi connectivity index (χ2v) is 39.0. The molecule has 5 N–H and O–H groups in total. The van der Waals surface area contributed by atoms with Crippen LogP contribution in [0.5, 0.6) is 0 Å². The number of tetrazole rings is 2. The maximum Gasteiger partial charge on any atom is 1.00 e. The van der Waals surface area contributed by atoms with Gasteiger partial charge in [-0.3, -0.25) is 9.71 Å². The molecule has 642 valence electrons. The Morgan fingerprint density at radius 1 is 0.369 bits per heavy atom. The van der Waals surface area contributed by atoms with E-state index >= 15 is 0 Å². The number of fused-ring (bicyclic) bond motifs is 12. The van der Waals surface area contributed by atoms with E-state index in [1.54, 1.807) is 12.1 Å². The summed E-state index contributed by atoms with van der Waals surface area (Å²) >= 11 is 34.1. The summed E-state index contributed by atoms with van der Waals surface area (Å²) in [7, 11) is 0. The summed E-state index contributed by atoms with van der Waals surface area (Å²) in [6, 6.07) is 101. The van der Waals surface area contributed by atoms with Gasteiger partial charge in [0.25, 0.3) is 5.24 Å². The van der Waals surface area contributed by atoms with E-state index in [0.717, 1.165) is 125 Å². The molecule has 7 aromatic heterocycles. The van der Waals surface area contributed by atoms with E-state index in [4.69, 9.17) is 27.1 Å². The van der Waals surface area contributed by atoms with E-state index in [1.807, 2.05) is 97.1 Å². The van der Waals surface area contributed by atoms with E-state index in [9.17, 15) is 10.1 Å². The van der Waals surface area contributed by atoms with Gasteiger partial charge >= 0.3 is 29.6 Å². The molecule has 0 aliphatic carbocycles. The average molecular weight is 2280 g/mol. The molecular formula is C98H72Br8Cl2N19NaO2. The van der Waals surface area contributed by atoms with Crippen molar-refractivity contribution in [1.29, 1.82) is 5.26 Å². The van der Waals surface area contributed by atoms with Crippen LogP contribution >= 0.6 is 151 Å². The summed E-state index contributed by atoms with van der Waals surface area (Å²) < 4.78 is 23.5. The summed E-state index contributed by atoms with van der Waals surface area (Å²) in [6.45, 7) is 13.0. The summed E-state index contributed by atoms with van der Waals surface area (Å²) in [6.07, 6.45) is 0. The van der Waals surface area contributed by atoms with Crippen molar-refractivity contribution in [3.63, 3.8) is 0 Å². The Morgan fingerprint density at radius 3 is 0.900 bits per heavy atom. The largest absolute Gasteiger partial charge is 1.00 e. The number of nitrogens with zero attached hydrogens (tertiary/aromatic N) is 16. The monoisotopic (exact) mass is 2270 g/mol. The topological polar surface area (TPSA) is 302 Å². The number of nitriles is 1. The maximum absolute atomic E-state index is 10.8. The van der Waals surface area contributed by atoms with Crippen LogP contribution in [0.4, 0.5) is 0 Å². The second kappa shape index (κ2) is 41.9. The third-order valence-corrected chi connectivity index (χ3v) is 25.3. The molecule has 32 heteroatoms. The van der Waals surface area contributed by atoms with Crippen LogP contribution in [0.15, 0.2) is 331 Å². The van der Waals surface area contributed by atoms with Gasteiger partial charge in [0, 0.05) is 129 Å². The van der Waals surface area contributed by atoms with Gasteiger partial charge in [0.05, 0.1) is 55.8 Å². The Balaban J connectivity index is 0.000000140. The molecule has 21 nitrogen and oxygen atoms in total. The minimum Gasteiger partial charge on any atom is -0.416 e. The SMILES string of the molecule is Brc1ccc2c(c1)c1cc(Br)ccc1n2-c1cccc(-c2nn[nH]n2)c1.Brc1ccc2c(c1)c1cc(Br)ccc1n2-c1cccc(-c2nn[nH]n2)c1.CC(C)(C)c1ccc(-c2nnc(-c3cccc(-n4c5ccc(Br)cc5c5cc(Br)ccc54)c3)o2)cc1.CC(C)(C)c1ccc(C(=O)Cl)cc1.Cl.N.N#Cc1cccc(-n2c3ccc(Br)cc3c3cc(Br)ccc32)c1.[N-]=[N+]=[N-].[Na+]. The van der Waals surface area contributed by atoms with Gasteiger partial charge in [0.15, 0.2) is 0 Å². The predicted molar refractivity (Wildman–Crippen MR) is 551 cm³/mol. The molecule has 0 amide bonds. The van der Waals surface area contributed by atoms with Crippen LogP contribution in [0.2, 0.25) is 0 Å². The van der Waals surface area contributed by atoms with Crippen molar-refractivity contribution in [2.24, 2.45) is 0 Å². The fourth-order valence-electron chi connectivity index (χ4n) is 15.3. The van der Waals surface area contributed by atoms with Crippen LogP contribution in [-0.2, 0) is 10.8 Å². The minimum atomic E-state index is -0.402. The maximum atomic E-state index is 10.8. The van der Waals surface area contributed by atoms with Gasteiger partial charge in [0.1, 0.15) is 0 Å². The van der Waals surface area contributed by atoms with Gasteiger partial charge < -0.3 is 39.9 Å². The molecule has 0 spiro atoms. The molecular weight excluding hydrogens is 2210 g/mol. The fraction of sp³-hybridized carbons (Fsp3) is 0.0816. The third-order valence-electron chi connectivity index (χ3n) is 21.2.